The first-order valence-electron chi connectivity index (χ1n) is 7.40. The molecular weight excluding hydrogens is 292 g/mol. The third-order valence-electron chi connectivity index (χ3n) is 3.29. The van der Waals surface area contributed by atoms with Gasteiger partial charge < -0.3 is 9.47 Å². The maximum absolute atomic E-state index is 12.0. The molecule has 0 aliphatic rings. The summed E-state index contributed by atoms with van der Waals surface area (Å²) in [6.07, 6.45) is 0.242. The predicted molar refractivity (Wildman–Crippen MR) is 88.1 cm³/mol. The van der Waals surface area contributed by atoms with E-state index in [-0.39, 0.29) is 25.0 Å². The Balaban J connectivity index is 2.02. The molecule has 2 aromatic rings. The van der Waals surface area contributed by atoms with Gasteiger partial charge in [-0.1, -0.05) is 43.0 Å². The Labute approximate surface area is 135 Å². The van der Waals surface area contributed by atoms with Crippen molar-refractivity contribution < 1.29 is 19.1 Å². The van der Waals surface area contributed by atoms with E-state index >= 15 is 0 Å². The van der Waals surface area contributed by atoms with Gasteiger partial charge in [0.1, 0.15) is 5.75 Å². The van der Waals surface area contributed by atoms with E-state index in [4.69, 9.17) is 9.47 Å². The lowest BCUT2D eigenvalue weighted by Crippen LogP contribution is -2.12. The number of carbonyl (C=O) groups excluding carboxylic acids is 2. The first-order chi connectivity index (χ1) is 11.2. The van der Waals surface area contributed by atoms with E-state index in [2.05, 4.69) is 12.3 Å². The van der Waals surface area contributed by atoms with E-state index in [1.165, 1.54) is 0 Å². The van der Waals surface area contributed by atoms with Crippen LogP contribution in [0.15, 0.2) is 60.3 Å². The minimum atomic E-state index is -0.500. The number of rotatable bonds is 6. The average Bonchev–Trinajstić information content (AvgIpc) is 2.56. The molecule has 4 heteroatoms. The molecule has 2 aromatic carbocycles. The minimum absolute atomic E-state index is 0.0554. The van der Waals surface area contributed by atoms with E-state index in [9.17, 15) is 9.59 Å². The molecule has 0 amide bonds. The zero-order valence-corrected chi connectivity index (χ0v) is 13.0. The van der Waals surface area contributed by atoms with E-state index in [1.54, 1.807) is 13.0 Å². The summed E-state index contributed by atoms with van der Waals surface area (Å²) in [5, 5.41) is 1.87. The second-order valence-corrected chi connectivity index (χ2v) is 4.83. The summed E-state index contributed by atoms with van der Waals surface area (Å²) in [4.78, 5) is 23.6. The molecule has 4 nitrogen and oxygen atoms in total. The molecule has 0 aliphatic heterocycles. The maximum Gasteiger partial charge on any atom is 0.341 e. The third-order valence-corrected chi connectivity index (χ3v) is 3.29. The van der Waals surface area contributed by atoms with Crippen LogP contribution in [0.5, 0.6) is 5.75 Å². The maximum atomic E-state index is 12.0. The lowest BCUT2D eigenvalue weighted by atomic mass is 10.1. The second-order valence-electron chi connectivity index (χ2n) is 4.83. The largest absolute Gasteiger partial charge is 0.462 e. The topological polar surface area (TPSA) is 52.6 Å². The van der Waals surface area contributed by atoms with Gasteiger partial charge >= 0.3 is 11.9 Å². The van der Waals surface area contributed by atoms with E-state index in [0.29, 0.717) is 5.75 Å². The summed E-state index contributed by atoms with van der Waals surface area (Å²) < 4.78 is 10.3. The molecule has 118 valence electrons. The van der Waals surface area contributed by atoms with E-state index in [0.717, 1.165) is 10.8 Å². The molecule has 23 heavy (non-hydrogen) atoms. The summed E-state index contributed by atoms with van der Waals surface area (Å²) in [5.74, 6) is -0.410. The lowest BCUT2D eigenvalue weighted by Gasteiger charge is -2.08. The molecule has 0 N–H and O–H groups in total. The summed E-state index contributed by atoms with van der Waals surface area (Å²) in [6, 6.07) is 13.2. The highest BCUT2D eigenvalue weighted by Crippen LogP contribution is 2.25. The Morgan fingerprint density at radius 3 is 2.57 bits per heavy atom. The molecule has 0 aliphatic carbocycles. The van der Waals surface area contributed by atoms with Crippen molar-refractivity contribution in [2.75, 3.05) is 6.61 Å². The van der Waals surface area contributed by atoms with Crippen molar-refractivity contribution in [3.8, 4) is 5.75 Å². The molecule has 0 saturated heterocycles. The van der Waals surface area contributed by atoms with Gasteiger partial charge in [-0.25, -0.2) is 4.79 Å². The highest BCUT2D eigenvalue weighted by molar-refractivity contribution is 5.91. The molecule has 0 spiro atoms. The number of carbonyl (C=O) groups is 2. The summed E-state index contributed by atoms with van der Waals surface area (Å²) in [5.41, 5.74) is 2.77. The van der Waals surface area contributed by atoms with Crippen LogP contribution in [-0.4, -0.2) is 18.5 Å². The van der Waals surface area contributed by atoms with Crippen molar-refractivity contribution in [1.82, 2.24) is 0 Å². The Bertz CT molecular complexity index is 765. The fourth-order valence-corrected chi connectivity index (χ4v) is 2.17. The zero-order chi connectivity index (χ0) is 16.7. The number of fused-ring (bicyclic) bond motifs is 1. The van der Waals surface area contributed by atoms with Crippen LogP contribution in [0, 0.1) is 0 Å². The molecule has 0 bridgehead atoms. The van der Waals surface area contributed by atoms with Gasteiger partial charge in [0.25, 0.3) is 0 Å². The smallest absolute Gasteiger partial charge is 0.341 e. The van der Waals surface area contributed by atoms with Gasteiger partial charge in [0.2, 0.25) is 0 Å². The van der Waals surface area contributed by atoms with Crippen LogP contribution >= 0.6 is 0 Å². The standard InChI is InChI=1S/C19H18O4/c1-3-14(19(21)22-4-2)12-13-18(20)23-17-11-7-9-15-8-5-6-10-16(15)17/h5-11H,1,4,12-13H2,2H3. The monoisotopic (exact) mass is 310 g/mol. The van der Waals surface area contributed by atoms with Gasteiger partial charge in [-0.15, -0.1) is 5.73 Å². The third kappa shape index (κ3) is 4.31. The lowest BCUT2D eigenvalue weighted by molar-refractivity contribution is -0.138. The normalized spacial score (nSPS) is 9.96. The van der Waals surface area contributed by atoms with Crippen LogP contribution in [0.4, 0.5) is 0 Å². The second kappa shape index (κ2) is 7.97. The number of benzene rings is 2. The first-order valence-corrected chi connectivity index (χ1v) is 7.40. The van der Waals surface area contributed by atoms with E-state index in [1.807, 2.05) is 36.4 Å². The fraction of sp³-hybridized carbons (Fsp3) is 0.211. The molecule has 0 unspecified atom stereocenters. The molecule has 0 saturated carbocycles. The molecule has 2 rings (SSSR count). The number of hydrogen-bond donors (Lipinski definition) is 0. The number of hydrogen-bond acceptors (Lipinski definition) is 4. The minimum Gasteiger partial charge on any atom is -0.462 e. The van der Waals surface area contributed by atoms with Crippen molar-refractivity contribution in [2.45, 2.75) is 19.8 Å². The van der Waals surface area contributed by atoms with Crippen LogP contribution in [0.1, 0.15) is 19.8 Å². The molecular formula is C19H18O4. The first kappa shape index (κ1) is 16.5. The fourth-order valence-electron chi connectivity index (χ4n) is 2.17. The Morgan fingerprint density at radius 1 is 1.09 bits per heavy atom. The molecule has 0 heterocycles. The van der Waals surface area contributed by atoms with Crippen LogP contribution in [0.25, 0.3) is 10.8 Å². The Hall–Kier alpha value is -2.84. The summed E-state index contributed by atoms with van der Waals surface area (Å²) in [7, 11) is 0. The highest BCUT2D eigenvalue weighted by Gasteiger charge is 2.14. The predicted octanol–water partition coefficient (Wildman–Crippen LogP) is 3.80. The van der Waals surface area contributed by atoms with Gasteiger partial charge in [0.15, 0.2) is 0 Å². The van der Waals surface area contributed by atoms with Crippen molar-refractivity contribution in [1.29, 1.82) is 0 Å². The highest BCUT2D eigenvalue weighted by atomic mass is 16.5. The van der Waals surface area contributed by atoms with Crippen LogP contribution < -0.4 is 4.74 Å². The quantitative estimate of drug-likeness (QED) is 0.352. The molecule has 0 fully saturated rings. The Kier molecular flexibility index (Phi) is 5.73. The molecule has 0 aromatic heterocycles. The van der Waals surface area contributed by atoms with Crippen molar-refractivity contribution in [2.24, 2.45) is 0 Å². The number of ether oxygens (including phenoxy) is 2. The Morgan fingerprint density at radius 2 is 1.83 bits per heavy atom. The SMILES string of the molecule is C=C=C(CCC(=O)Oc1cccc2ccccc12)C(=O)OCC. The van der Waals surface area contributed by atoms with Gasteiger partial charge in [-0.05, 0) is 24.8 Å². The summed E-state index contributed by atoms with van der Waals surface area (Å²) in [6.45, 7) is 5.44. The van der Waals surface area contributed by atoms with Crippen molar-refractivity contribution in [3.05, 3.63) is 60.3 Å². The van der Waals surface area contributed by atoms with Crippen LogP contribution in [0.2, 0.25) is 0 Å². The van der Waals surface area contributed by atoms with Gasteiger partial charge in [0.05, 0.1) is 18.6 Å². The van der Waals surface area contributed by atoms with Crippen molar-refractivity contribution >= 4 is 22.7 Å². The van der Waals surface area contributed by atoms with Crippen LogP contribution in [-0.2, 0) is 14.3 Å². The van der Waals surface area contributed by atoms with Gasteiger partial charge in [0, 0.05) is 5.39 Å². The molecule has 0 radical (unpaired) electrons. The van der Waals surface area contributed by atoms with Gasteiger partial charge in [-0.2, -0.15) is 0 Å². The summed E-state index contributed by atoms with van der Waals surface area (Å²) >= 11 is 0. The van der Waals surface area contributed by atoms with Crippen LogP contribution in [0.3, 0.4) is 0 Å². The van der Waals surface area contributed by atoms with E-state index < -0.39 is 11.9 Å². The average molecular weight is 310 g/mol. The van der Waals surface area contributed by atoms with Crippen molar-refractivity contribution in [3.63, 3.8) is 0 Å². The zero-order valence-electron chi connectivity index (χ0n) is 13.0. The van der Waals surface area contributed by atoms with Gasteiger partial charge in [-0.3, -0.25) is 4.79 Å². The number of esters is 2. The molecule has 0 atom stereocenters.